The first-order chi connectivity index (χ1) is 11.1. The van der Waals surface area contributed by atoms with Gasteiger partial charge in [0.1, 0.15) is 5.82 Å². The average molecular weight is 318 g/mol. The van der Waals surface area contributed by atoms with Crippen molar-refractivity contribution < 1.29 is 9.59 Å². The number of hydrogen-bond acceptors (Lipinski definition) is 4. The fraction of sp³-hybridized carbons (Fsp3) is 0.588. The molecule has 1 saturated heterocycles. The highest BCUT2D eigenvalue weighted by atomic mass is 16.2. The van der Waals surface area contributed by atoms with Crippen molar-refractivity contribution in [3.05, 3.63) is 24.4 Å². The number of carbonyl (C=O) groups is 2. The monoisotopic (exact) mass is 318 g/mol. The lowest BCUT2D eigenvalue weighted by atomic mass is 9.97. The van der Waals surface area contributed by atoms with Crippen LogP contribution in [0.15, 0.2) is 24.4 Å². The largest absolute Gasteiger partial charge is 0.357 e. The Labute approximate surface area is 137 Å². The molecule has 1 aromatic rings. The number of anilines is 1. The van der Waals surface area contributed by atoms with Crippen LogP contribution in [0.5, 0.6) is 0 Å². The van der Waals surface area contributed by atoms with Crippen LogP contribution >= 0.6 is 0 Å². The number of nitrogens with one attached hydrogen (secondary N) is 2. The lowest BCUT2D eigenvalue weighted by molar-refractivity contribution is -0.139. The molecule has 0 bridgehead atoms. The van der Waals surface area contributed by atoms with Gasteiger partial charge in [-0.05, 0) is 36.8 Å². The van der Waals surface area contributed by atoms with Gasteiger partial charge in [-0.2, -0.15) is 0 Å². The van der Waals surface area contributed by atoms with Crippen LogP contribution in [0.2, 0.25) is 0 Å². The molecule has 1 aliphatic heterocycles. The molecule has 2 heterocycles. The molecule has 2 rings (SSSR count). The minimum Gasteiger partial charge on any atom is -0.357 e. The molecule has 0 unspecified atom stereocenters. The van der Waals surface area contributed by atoms with E-state index in [1.165, 1.54) is 0 Å². The Morgan fingerprint density at radius 3 is 2.52 bits per heavy atom. The van der Waals surface area contributed by atoms with E-state index in [1.807, 2.05) is 32.0 Å². The molecule has 0 aliphatic carbocycles. The van der Waals surface area contributed by atoms with Crippen LogP contribution in [-0.2, 0) is 9.59 Å². The van der Waals surface area contributed by atoms with Crippen molar-refractivity contribution in [3.63, 3.8) is 0 Å². The van der Waals surface area contributed by atoms with Crippen molar-refractivity contribution in [2.75, 3.05) is 31.1 Å². The Kier molecular flexibility index (Phi) is 6.38. The fourth-order valence-electron chi connectivity index (χ4n) is 2.60. The molecule has 0 aromatic carbocycles. The maximum Gasteiger partial charge on any atom is 0.309 e. The second-order valence-corrected chi connectivity index (χ2v) is 6.43. The summed E-state index contributed by atoms with van der Waals surface area (Å²) in [4.78, 5) is 30.0. The first kappa shape index (κ1) is 17.2. The van der Waals surface area contributed by atoms with Gasteiger partial charge in [0.05, 0.1) is 0 Å². The summed E-state index contributed by atoms with van der Waals surface area (Å²) in [6.45, 7) is 6.92. The number of aromatic nitrogens is 1. The highest BCUT2D eigenvalue weighted by Crippen LogP contribution is 2.20. The number of piperidine rings is 1. The normalized spacial score (nSPS) is 15.5. The van der Waals surface area contributed by atoms with Crippen molar-refractivity contribution in [2.45, 2.75) is 26.7 Å². The van der Waals surface area contributed by atoms with Gasteiger partial charge in [0.15, 0.2) is 0 Å². The molecule has 1 fully saturated rings. The third kappa shape index (κ3) is 5.54. The second kappa shape index (κ2) is 8.50. The predicted molar refractivity (Wildman–Crippen MR) is 90.0 cm³/mol. The quantitative estimate of drug-likeness (QED) is 0.800. The zero-order valence-electron chi connectivity index (χ0n) is 13.9. The molecule has 0 spiro atoms. The van der Waals surface area contributed by atoms with Crippen LogP contribution in [0.1, 0.15) is 26.7 Å². The van der Waals surface area contributed by atoms with Gasteiger partial charge < -0.3 is 15.5 Å². The molecular weight excluding hydrogens is 292 g/mol. The van der Waals surface area contributed by atoms with Crippen LogP contribution in [0.4, 0.5) is 5.82 Å². The Balaban J connectivity index is 1.68. The molecule has 6 heteroatoms. The molecule has 0 atom stereocenters. The molecule has 0 saturated carbocycles. The van der Waals surface area contributed by atoms with Crippen molar-refractivity contribution >= 4 is 17.6 Å². The smallest absolute Gasteiger partial charge is 0.309 e. The topological polar surface area (TPSA) is 74.3 Å². The third-order valence-electron chi connectivity index (χ3n) is 4.02. The summed E-state index contributed by atoms with van der Waals surface area (Å²) < 4.78 is 0. The highest BCUT2D eigenvalue weighted by molar-refractivity contribution is 6.35. The zero-order valence-corrected chi connectivity index (χ0v) is 13.9. The number of carbonyl (C=O) groups excluding carboxylic acids is 2. The van der Waals surface area contributed by atoms with Gasteiger partial charge in [0, 0.05) is 32.4 Å². The minimum atomic E-state index is -0.537. The van der Waals surface area contributed by atoms with Gasteiger partial charge >= 0.3 is 11.8 Å². The van der Waals surface area contributed by atoms with Crippen LogP contribution in [-0.4, -0.2) is 43.0 Å². The summed E-state index contributed by atoms with van der Waals surface area (Å²) in [5, 5.41) is 5.38. The van der Waals surface area contributed by atoms with E-state index in [1.54, 1.807) is 6.20 Å². The third-order valence-corrected chi connectivity index (χ3v) is 4.02. The van der Waals surface area contributed by atoms with E-state index in [2.05, 4.69) is 20.5 Å². The fourth-order valence-corrected chi connectivity index (χ4v) is 2.60. The summed E-state index contributed by atoms with van der Waals surface area (Å²) in [7, 11) is 0. The molecule has 2 amide bonds. The van der Waals surface area contributed by atoms with Crippen molar-refractivity contribution in [1.82, 2.24) is 15.6 Å². The number of nitrogens with zero attached hydrogens (tertiary/aromatic N) is 2. The maximum absolute atomic E-state index is 11.7. The zero-order chi connectivity index (χ0) is 16.7. The van der Waals surface area contributed by atoms with Gasteiger partial charge in [0.25, 0.3) is 0 Å². The van der Waals surface area contributed by atoms with Crippen LogP contribution < -0.4 is 15.5 Å². The number of rotatable bonds is 5. The van der Waals surface area contributed by atoms with Crippen molar-refractivity contribution in [1.29, 1.82) is 0 Å². The minimum absolute atomic E-state index is 0.336. The predicted octanol–water partition coefficient (Wildman–Crippen LogP) is 1.19. The first-order valence-electron chi connectivity index (χ1n) is 8.28. The molecule has 1 aliphatic rings. The SMILES string of the molecule is CC(C)CNC(=O)C(=O)NCC1CCN(c2ccccn2)CC1. The lowest BCUT2D eigenvalue weighted by Crippen LogP contribution is -2.44. The van der Waals surface area contributed by atoms with E-state index in [0.717, 1.165) is 31.7 Å². The molecule has 23 heavy (non-hydrogen) atoms. The lowest BCUT2D eigenvalue weighted by Gasteiger charge is -2.32. The Morgan fingerprint density at radius 2 is 1.91 bits per heavy atom. The molecular formula is C17H26N4O2. The molecule has 0 radical (unpaired) electrons. The Hall–Kier alpha value is -2.11. The van der Waals surface area contributed by atoms with Gasteiger partial charge in [-0.1, -0.05) is 19.9 Å². The van der Waals surface area contributed by atoms with Gasteiger partial charge in [0.2, 0.25) is 0 Å². The number of pyridine rings is 1. The molecule has 126 valence electrons. The summed E-state index contributed by atoms with van der Waals surface area (Å²) in [6, 6.07) is 5.92. The summed E-state index contributed by atoms with van der Waals surface area (Å²) in [6.07, 6.45) is 3.78. The van der Waals surface area contributed by atoms with E-state index in [-0.39, 0.29) is 0 Å². The molecule has 6 nitrogen and oxygen atoms in total. The van der Waals surface area contributed by atoms with E-state index in [0.29, 0.717) is 24.9 Å². The number of hydrogen-bond donors (Lipinski definition) is 2. The second-order valence-electron chi connectivity index (χ2n) is 6.43. The standard InChI is InChI=1S/C17H26N4O2/c1-13(2)11-19-16(22)17(23)20-12-14-6-9-21(10-7-14)15-5-3-4-8-18-15/h3-5,8,13-14H,6-7,9-12H2,1-2H3,(H,19,22)(H,20,23). The number of amides is 2. The summed E-state index contributed by atoms with van der Waals surface area (Å²) in [5.74, 6) is 0.685. The maximum atomic E-state index is 11.7. The van der Waals surface area contributed by atoms with Crippen molar-refractivity contribution in [3.8, 4) is 0 Å². The van der Waals surface area contributed by atoms with Crippen LogP contribution in [0.25, 0.3) is 0 Å². The summed E-state index contributed by atoms with van der Waals surface area (Å²) >= 11 is 0. The van der Waals surface area contributed by atoms with Crippen molar-refractivity contribution in [2.24, 2.45) is 11.8 Å². The molecule has 1 aromatic heterocycles. The highest BCUT2D eigenvalue weighted by Gasteiger charge is 2.21. The van der Waals surface area contributed by atoms with E-state index < -0.39 is 11.8 Å². The Morgan fingerprint density at radius 1 is 1.22 bits per heavy atom. The van der Waals surface area contributed by atoms with E-state index >= 15 is 0 Å². The Bertz CT molecular complexity index is 511. The van der Waals surface area contributed by atoms with Gasteiger partial charge in [-0.25, -0.2) is 4.98 Å². The molecule has 2 N–H and O–H groups in total. The van der Waals surface area contributed by atoms with Crippen LogP contribution in [0, 0.1) is 11.8 Å². The van der Waals surface area contributed by atoms with E-state index in [4.69, 9.17) is 0 Å². The van der Waals surface area contributed by atoms with Crippen LogP contribution in [0.3, 0.4) is 0 Å². The summed E-state index contributed by atoms with van der Waals surface area (Å²) in [5.41, 5.74) is 0. The average Bonchev–Trinajstić information content (AvgIpc) is 2.58. The van der Waals surface area contributed by atoms with Gasteiger partial charge in [-0.15, -0.1) is 0 Å². The van der Waals surface area contributed by atoms with E-state index in [9.17, 15) is 9.59 Å². The first-order valence-corrected chi connectivity index (χ1v) is 8.28. The van der Waals surface area contributed by atoms with Gasteiger partial charge in [-0.3, -0.25) is 9.59 Å².